The van der Waals surface area contributed by atoms with Gasteiger partial charge < -0.3 is 9.84 Å². The van der Waals surface area contributed by atoms with Crippen LogP contribution in [0.2, 0.25) is 0 Å². The second kappa shape index (κ2) is 4.59. The van der Waals surface area contributed by atoms with E-state index in [1.54, 1.807) is 36.5 Å². The van der Waals surface area contributed by atoms with Gasteiger partial charge in [-0.2, -0.15) is 0 Å². The number of Topliss-reactive ketones (excluding diaryl/α,β-unsaturated/α-hetero) is 1. The number of ketones is 1. The Balaban J connectivity index is 1.93. The highest BCUT2D eigenvalue weighted by molar-refractivity contribution is 5.90. The van der Waals surface area contributed by atoms with Crippen LogP contribution in [0.5, 0.6) is 5.75 Å². The number of β-amino-alcohol motifs (C(OH)–C–C–N with tert-alkyl or cyclic N) is 1. The summed E-state index contributed by atoms with van der Waals surface area (Å²) in [6.45, 7) is 0.623. The number of rotatable bonds is 3. The van der Waals surface area contributed by atoms with Crippen LogP contribution < -0.4 is 4.74 Å². The van der Waals surface area contributed by atoms with E-state index in [4.69, 9.17) is 4.74 Å². The molecule has 16 heavy (non-hydrogen) atoms. The van der Waals surface area contributed by atoms with E-state index in [0.29, 0.717) is 12.3 Å². The molecule has 1 N–H and O–H groups in total. The van der Waals surface area contributed by atoms with Crippen LogP contribution in [0, 0.1) is 0 Å². The summed E-state index contributed by atoms with van der Waals surface area (Å²) in [5.74, 6) is 0.455. The molecule has 1 aromatic rings. The van der Waals surface area contributed by atoms with Gasteiger partial charge in [-0.05, 0) is 19.2 Å². The van der Waals surface area contributed by atoms with Gasteiger partial charge in [0.15, 0.2) is 5.78 Å². The van der Waals surface area contributed by atoms with Crippen LogP contribution >= 0.6 is 0 Å². The van der Waals surface area contributed by atoms with E-state index >= 15 is 0 Å². The monoisotopic (exact) mass is 222 g/mol. The Morgan fingerprint density at radius 3 is 3.06 bits per heavy atom. The van der Waals surface area contributed by atoms with Crippen LogP contribution in [0.1, 0.15) is 0 Å². The molecule has 0 aliphatic carbocycles. The van der Waals surface area contributed by atoms with Crippen molar-refractivity contribution in [2.24, 2.45) is 0 Å². The van der Waals surface area contributed by atoms with Crippen LogP contribution in [0.15, 0.2) is 24.5 Å². The lowest BCUT2D eigenvalue weighted by Crippen LogP contribution is -2.35. The van der Waals surface area contributed by atoms with Crippen molar-refractivity contribution in [3.8, 4) is 5.75 Å². The molecule has 0 aromatic carbocycles. The molecule has 1 aromatic heterocycles. The molecule has 2 heterocycles. The molecule has 0 saturated carbocycles. The van der Waals surface area contributed by atoms with Crippen LogP contribution in [0.25, 0.3) is 0 Å². The molecule has 5 heteroatoms. The first kappa shape index (κ1) is 11.0. The zero-order valence-electron chi connectivity index (χ0n) is 9.04. The molecule has 0 unspecified atom stereocenters. The number of pyridine rings is 1. The Morgan fingerprint density at radius 2 is 2.50 bits per heavy atom. The molecule has 0 radical (unpaired) electrons. The molecular weight excluding hydrogens is 208 g/mol. The van der Waals surface area contributed by atoms with Gasteiger partial charge in [0.1, 0.15) is 24.5 Å². The van der Waals surface area contributed by atoms with Crippen molar-refractivity contribution in [1.82, 2.24) is 9.88 Å². The van der Waals surface area contributed by atoms with E-state index in [1.165, 1.54) is 0 Å². The molecule has 86 valence electrons. The molecule has 0 spiro atoms. The van der Waals surface area contributed by atoms with Gasteiger partial charge in [0.2, 0.25) is 0 Å². The predicted octanol–water partition coefficient (Wildman–Crippen LogP) is -0.296. The van der Waals surface area contributed by atoms with Crippen LogP contribution in [0.4, 0.5) is 0 Å². The molecule has 1 saturated heterocycles. The molecule has 0 amide bonds. The van der Waals surface area contributed by atoms with E-state index in [1.807, 2.05) is 0 Å². The van der Waals surface area contributed by atoms with Crippen molar-refractivity contribution in [2.45, 2.75) is 12.1 Å². The maximum Gasteiger partial charge on any atom is 0.183 e. The van der Waals surface area contributed by atoms with Gasteiger partial charge in [-0.15, -0.1) is 0 Å². The number of carbonyl (C=O) groups is 1. The van der Waals surface area contributed by atoms with E-state index < -0.39 is 6.10 Å². The van der Waals surface area contributed by atoms with Crippen LogP contribution in [0.3, 0.4) is 0 Å². The van der Waals surface area contributed by atoms with Gasteiger partial charge in [-0.1, -0.05) is 0 Å². The van der Waals surface area contributed by atoms with E-state index in [0.717, 1.165) is 0 Å². The van der Waals surface area contributed by atoms with Gasteiger partial charge in [0, 0.05) is 12.7 Å². The summed E-state index contributed by atoms with van der Waals surface area (Å²) in [5.41, 5.74) is 0. The molecule has 0 bridgehead atoms. The summed E-state index contributed by atoms with van der Waals surface area (Å²) >= 11 is 0. The summed E-state index contributed by atoms with van der Waals surface area (Å²) < 4.78 is 5.44. The van der Waals surface area contributed by atoms with Crippen molar-refractivity contribution < 1.29 is 14.6 Å². The number of carbonyl (C=O) groups excluding carboxylic acids is 1. The van der Waals surface area contributed by atoms with Crippen molar-refractivity contribution in [2.75, 3.05) is 20.2 Å². The molecular formula is C11H14N2O3. The third-order valence-corrected chi connectivity index (χ3v) is 2.69. The predicted molar refractivity (Wildman–Crippen MR) is 57.2 cm³/mol. The highest BCUT2D eigenvalue weighted by atomic mass is 16.5. The van der Waals surface area contributed by atoms with Gasteiger partial charge in [0.05, 0.1) is 6.20 Å². The average molecular weight is 222 g/mol. The van der Waals surface area contributed by atoms with Crippen LogP contribution in [-0.2, 0) is 4.79 Å². The number of likely N-dealkylation sites (tertiary alicyclic amines) is 1. The highest BCUT2D eigenvalue weighted by Gasteiger charge is 2.37. The van der Waals surface area contributed by atoms with Crippen LogP contribution in [-0.4, -0.2) is 53.1 Å². The quantitative estimate of drug-likeness (QED) is 0.761. The fraction of sp³-hybridized carbons (Fsp3) is 0.455. The molecule has 2 rings (SSSR count). The molecule has 2 atom stereocenters. The first-order valence-corrected chi connectivity index (χ1v) is 5.13. The van der Waals surface area contributed by atoms with Crippen molar-refractivity contribution in [1.29, 1.82) is 0 Å². The lowest BCUT2D eigenvalue weighted by molar-refractivity contribution is -0.126. The fourth-order valence-corrected chi connectivity index (χ4v) is 1.75. The Hall–Kier alpha value is -1.46. The lowest BCUT2D eigenvalue weighted by atomic mass is 10.2. The molecule has 1 aliphatic heterocycles. The van der Waals surface area contributed by atoms with E-state index in [-0.39, 0.29) is 18.4 Å². The Bertz CT molecular complexity index is 369. The van der Waals surface area contributed by atoms with E-state index in [2.05, 4.69) is 4.98 Å². The smallest absolute Gasteiger partial charge is 0.183 e. The second-order valence-corrected chi connectivity index (χ2v) is 3.87. The van der Waals surface area contributed by atoms with Crippen molar-refractivity contribution in [3.05, 3.63) is 24.5 Å². The Labute approximate surface area is 93.7 Å². The third kappa shape index (κ3) is 2.20. The normalized spacial score (nSPS) is 26.0. The van der Waals surface area contributed by atoms with Gasteiger partial charge >= 0.3 is 0 Å². The summed E-state index contributed by atoms with van der Waals surface area (Å²) in [4.78, 5) is 17.3. The second-order valence-electron chi connectivity index (χ2n) is 3.87. The van der Waals surface area contributed by atoms with Gasteiger partial charge in [-0.3, -0.25) is 14.7 Å². The number of hydrogen-bond donors (Lipinski definition) is 1. The number of ether oxygens (including phenoxy) is 1. The summed E-state index contributed by atoms with van der Waals surface area (Å²) in [5, 5.41) is 9.38. The Morgan fingerprint density at radius 1 is 1.69 bits per heavy atom. The molecule has 1 fully saturated rings. The number of aliphatic hydroxyl groups is 1. The molecule has 1 aliphatic rings. The minimum Gasteiger partial charge on any atom is -0.490 e. The topological polar surface area (TPSA) is 62.7 Å². The largest absolute Gasteiger partial charge is 0.490 e. The standard InChI is InChI=1S/C11H14N2O3/c1-13-6-10(14)11(15)9(13)7-16-8-3-2-4-12-5-8/h2-5,9-10,14H,6-7H2,1H3/t9-,10-/m0/s1. The minimum atomic E-state index is -0.882. The summed E-state index contributed by atoms with van der Waals surface area (Å²) in [7, 11) is 1.80. The first-order valence-electron chi connectivity index (χ1n) is 5.13. The van der Waals surface area contributed by atoms with Gasteiger partial charge in [-0.25, -0.2) is 0 Å². The minimum absolute atomic E-state index is 0.175. The summed E-state index contributed by atoms with van der Waals surface area (Å²) in [6.07, 6.45) is 2.37. The van der Waals surface area contributed by atoms with Gasteiger partial charge in [0.25, 0.3) is 0 Å². The number of nitrogens with zero attached hydrogens (tertiary/aromatic N) is 2. The number of aliphatic hydroxyl groups excluding tert-OH is 1. The third-order valence-electron chi connectivity index (χ3n) is 2.69. The zero-order valence-corrected chi connectivity index (χ0v) is 9.04. The number of hydrogen-bond acceptors (Lipinski definition) is 5. The SMILES string of the molecule is CN1C[C@H](O)C(=O)[C@@H]1COc1cccnc1. The number of likely N-dealkylation sites (N-methyl/N-ethyl adjacent to an activating group) is 1. The maximum atomic E-state index is 11.5. The lowest BCUT2D eigenvalue weighted by Gasteiger charge is -2.17. The van der Waals surface area contributed by atoms with E-state index in [9.17, 15) is 9.90 Å². The summed E-state index contributed by atoms with van der Waals surface area (Å²) in [6, 6.07) is 3.18. The number of aromatic nitrogens is 1. The maximum absolute atomic E-state index is 11.5. The average Bonchev–Trinajstić information content (AvgIpc) is 2.53. The molecule has 5 nitrogen and oxygen atoms in total. The van der Waals surface area contributed by atoms with Crippen molar-refractivity contribution >= 4 is 5.78 Å². The zero-order chi connectivity index (χ0) is 11.5. The van der Waals surface area contributed by atoms with Crippen molar-refractivity contribution in [3.63, 3.8) is 0 Å². The Kier molecular flexibility index (Phi) is 3.17. The highest BCUT2D eigenvalue weighted by Crippen LogP contribution is 2.14. The fourth-order valence-electron chi connectivity index (χ4n) is 1.75. The first-order chi connectivity index (χ1) is 7.68.